The molecule has 0 radical (unpaired) electrons. The molecule has 0 aliphatic heterocycles. The van der Waals surface area contributed by atoms with Gasteiger partial charge in [-0.3, -0.25) is 9.69 Å². The molecule has 0 spiro atoms. The van der Waals surface area contributed by atoms with E-state index in [0.29, 0.717) is 0 Å². The van der Waals surface area contributed by atoms with Crippen molar-refractivity contribution in [2.45, 2.75) is 27.2 Å². The second-order valence-corrected chi connectivity index (χ2v) is 4.11. The molecular weight excluding hydrogens is 236 g/mol. The number of nitriles is 1. The van der Waals surface area contributed by atoms with Gasteiger partial charge < -0.3 is 9.47 Å². The van der Waals surface area contributed by atoms with Gasteiger partial charge in [-0.2, -0.15) is 5.26 Å². The highest BCUT2D eigenvalue weighted by Gasteiger charge is 2.19. The Hall–Kier alpha value is -1.77. The van der Waals surface area contributed by atoms with E-state index in [1.807, 2.05) is 19.9 Å². The largest absolute Gasteiger partial charge is 0.465 e. The lowest BCUT2D eigenvalue weighted by molar-refractivity contribution is -0.144. The molecule has 0 aliphatic rings. The average molecular weight is 256 g/mol. The fraction of sp³-hybridized carbons (Fsp3) is 0.750. The third-order valence-electron chi connectivity index (χ3n) is 1.92. The molecule has 0 saturated carbocycles. The molecule has 0 rings (SSSR count). The number of carbonyl (C=O) groups is 2. The summed E-state index contributed by atoms with van der Waals surface area (Å²) >= 11 is 0. The van der Waals surface area contributed by atoms with Crippen LogP contribution in [-0.2, 0) is 14.3 Å². The van der Waals surface area contributed by atoms with Crippen LogP contribution in [0.3, 0.4) is 0 Å². The van der Waals surface area contributed by atoms with Crippen LogP contribution in [0.2, 0.25) is 0 Å². The van der Waals surface area contributed by atoms with E-state index in [1.165, 1.54) is 4.90 Å². The summed E-state index contributed by atoms with van der Waals surface area (Å²) in [6.07, 6.45) is -0.442. The maximum atomic E-state index is 11.7. The predicted octanol–water partition coefficient (Wildman–Crippen LogP) is 1.56. The summed E-state index contributed by atoms with van der Waals surface area (Å²) in [5, 5.41) is 8.51. The molecule has 1 amide bonds. The highest BCUT2D eigenvalue weighted by molar-refractivity contribution is 5.78. The molecule has 0 saturated heterocycles. The van der Waals surface area contributed by atoms with E-state index in [0.717, 1.165) is 0 Å². The van der Waals surface area contributed by atoms with Gasteiger partial charge in [0.25, 0.3) is 0 Å². The fourth-order valence-electron chi connectivity index (χ4n) is 1.11. The molecule has 0 unspecified atom stereocenters. The Balaban J connectivity index is 4.32. The van der Waals surface area contributed by atoms with Crippen molar-refractivity contribution in [3.8, 4) is 6.07 Å². The number of ether oxygens (including phenoxy) is 2. The SMILES string of the molecule is CCOC(=O)CN(CCC#N)C(=O)OCC(C)C. The molecule has 6 heteroatoms. The normalized spacial score (nSPS) is 9.72. The molecule has 102 valence electrons. The molecule has 0 heterocycles. The van der Waals surface area contributed by atoms with Gasteiger partial charge in [0, 0.05) is 6.54 Å². The van der Waals surface area contributed by atoms with Crippen molar-refractivity contribution in [3.63, 3.8) is 0 Å². The lowest BCUT2D eigenvalue weighted by Gasteiger charge is -2.20. The first-order valence-corrected chi connectivity index (χ1v) is 5.95. The number of rotatable bonds is 7. The zero-order valence-corrected chi connectivity index (χ0v) is 11.1. The minimum Gasteiger partial charge on any atom is -0.465 e. The third kappa shape index (κ3) is 7.49. The molecule has 0 aromatic heterocycles. The Morgan fingerprint density at radius 2 is 2.00 bits per heavy atom. The molecule has 18 heavy (non-hydrogen) atoms. The molecular formula is C12H20N2O4. The standard InChI is InChI=1S/C12H20N2O4/c1-4-17-11(15)8-14(7-5-6-13)12(16)18-9-10(2)3/h10H,4-5,7-9H2,1-3H3. The first-order chi connectivity index (χ1) is 8.51. The fourth-order valence-corrected chi connectivity index (χ4v) is 1.11. The monoisotopic (exact) mass is 256 g/mol. The van der Waals surface area contributed by atoms with Crippen LogP contribution in [0.1, 0.15) is 27.2 Å². The Morgan fingerprint density at radius 1 is 1.33 bits per heavy atom. The smallest absolute Gasteiger partial charge is 0.410 e. The van der Waals surface area contributed by atoms with Gasteiger partial charge in [-0.25, -0.2) is 4.79 Å². The van der Waals surface area contributed by atoms with Crippen molar-refractivity contribution >= 4 is 12.1 Å². The number of carbonyl (C=O) groups excluding carboxylic acids is 2. The average Bonchev–Trinajstić information content (AvgIpc) is 2.31. The first-order valence-electron chi connectivity index (χ1n) is 5.95. The van der Waals surface area contributed by atoms with E-state index in [2.05, 4.69) is 0 Å². The molecule has 0 atom stereocenters. The van der Waals surface area contributed by atoms with Crippen molar-refractivity contribution < 1.29 is 19.1 Å². The molecule has 6 nitrogen and oxygen atoms in total. The summed E-state index contributed by atoms with van der Waals surface area (Å²) < 4.78 is 9.77. The van der Waals surface area contributed by atoms with Crippen LogP contribution in [0.4, 0.5) is 4.79 Å². The molecule has 0 bridgehead atoms. The first kappa shape index (κ1) is 16.2. The van der Waals surface area contributed by atoms with Crippen LogP contribution in [0, 0.1) is 17.2 Å². The highest BCUT2D eigenvalue weighted by atomic mass is 16.6. The predicted molar refractivity (Wildman–Crippen MR) is 64.6 cm³/mol. The minimum absolute atomic E-state index is 0.149. The van der Waals surface area contributed by atoms with E-state index >= 15 is 0 Å². The van der Waals surface area contributed by atoms with Gasteiger partial charge in [0.15, 0.2) is 0 Å². The Kier molecular flexibility index (Phi) is 8.37. The van der Waals surface area contributed by atoms with Gasteiger partial charge >= 0.3 is 12.1 Å². The van der Waals surface area contributed by atoms with Crippen molar-refractivity contribution in [1.29, 1.82) is 5.26 Å². The Labute approximate surface area is 107 Å². The van der Waals surface area contributed by atoms with E-state index in [4.69, 9.17) is 14.7 Å². The maximum Gasteiger partial charge on any atom is 0.410 e. The Bertz CT molecular complexity index is 310. The molecule has 0 fully saturated rings. The topological polar surface area (TPSA) is 79.6 Å². The van der Waals surface area contributed by atoms with Crippen LogP contribution >= 0.6 is 0 Å². The summed E-state index contributed by atoms with van der Waals surface area (Å²) in [5.41, 5.74) is 0. The molecule has 0 aromatic carbocycles. The third-order valence-corrected chi connectivity index (χ3v) is 1.92. The lowest BCUT2D eigenvalue weighted by Crippen LogP contribution is -2.38. The van der Waals surface area contributed by atoms with Crippen LogP contribution in [0.25, 0.3) is 0 Å². The summed E-state index contributed by atoms with van der Waals surface area (Å²) in [6.45, 7) is 6.03. The number of nitrogens with zero attached hydrogens (tertiary/aromatic N) is 2. The van der Waals surface area contributed by atoms with Crippen LogP contribution in [-0.4, -0.2) is 43.3 Å². The van der Waals surface area contributed by atoms with Gasteiger partial charge in [0.2, 0.25) is 0 Å². The van der Waals surface area contributed by atoms with Crippen molar-refractivity contribution in [1.82, 2.24) is 4.90 Å². The lowest BCUT2D eigenvalue weighted by atomic mass is 10.2. The van der Waals surface area contributed by atoms with E-state index in [1.54, 1.807) is 6.92 Å². The van der Waals surface area contributed by atoms with Gasteiger partial charge in [0.1, 0.15) is 6.54 Å². The number of hydrogen-bond donors (Lipinski definition) is 0. The summed E-state index contributed by atoms with van der Waals surface area (Å²) in [5.74, 6) is -0.286. The molecule has 0 N–H and O–H groups in total. The zero-order chi connectivity index (χ0) is 14.0. The van der Waals surface area contributed by atoms with Crippen LogP contribution < -0.4 is 0 Å². The van der Waals surface area contributed by atoms with Crippen molar-refractivity contribution in [3.05, 3.63) is 0 Å². The zero-order valence-electron chi connectivity index (χ0n) is 11.1. The van der Waals surface area contributed by atoms with Gasteiger partial charge in [-0.05, 0) is 12.8 Å². The van der Waals surface area contributed by atoms with Gasteiger partial charge in [-0.15, -0.1) is 0 Å². The number of hydrogen-bond acceptors (Lipinski definition) is 5. The van der Waals surface area contributed by atoms with E-state index < -0.39 is 12.1 Å². The van der Waals surface area contributed by atoms with E-state index in [9.17, 15) is 9.59 Å². The van der Waals surface area contributed by atoms with Gasteiger partial charge in [-0.1, -0.05) is 13.8 Å². The highest BCUT2D eigenvalue weighted by Crippen LogP contribution is 2.01. The van der Waals surface area contributed by atoms with Crippen molar-refractivity contribution in [2.75, 3.05) is 26.3 Å². The summed E-state index contributed by atoms with van der Waals surface area (Å²) in [4.78, 5) is 24.2. The van der Waals surface area contributed by atoms with Gasteiger partial charge in [0.05, 0.1) is 25.7 Å². The quantitative estimate of drug-likeness (QED) is 0.646. The summed E-state index contributed by atoms with van der Waals surface area (Å²) in [7, 11) is 0. The maximum absolute atomic E-state index is 11.7. The number of esters is 1. The second-order valence-electron chi connectivity index (χ2n) is 4.11. The number of amides is 1. The molecule has 0 aliphatic carbocycles. The van der Waals surface area contributed by atoms with Crippen molar-refractivity contribution in [2.24, 2.45) is 5.92 Å². The van der Waals surface area contributed by atoms with Crippen LogP contribution in [0.5, 0.6) is 0 Å². The Morgan fingerprint density at radius 3 is 2.50 bits per heavy atom. The molecule has 0 aromatic rings. The van der Waals surface area contributed by atoms with Crippen LogP contribution in [0.15, 0.2) is 0 Å². The second kappa shape index (κ2) is 9.28. The summed E-state index contributed by atoms with van der Waals surface area (Å²) in [6, 6.07) is 1.92. The minimum atomic E-state index is -0.591. The van der Waals surface area contributed by atoms with E-state index in [-0.39, 0.29) is 38.6 Å².